The molecule has 0 heterocycles. The molecule has 0 amide bonds. The van der Waals surface area contributed by atoms with Crippen LogP contribution in [-0.4, -0.2) is 17.1 Å². The van der Waals surface area contributed by atoms with E-state index in [-0.39, 0.29) is 23.3 Å². The molecule has 0 aliphatic rings. The van der Waals surface area contributed by atoms with Crippen LogP contribution in [0, 0.1) is 5.92 Å². The van der Waals surface area contributed by atoms with Gasteiger partial charge in [0, 0.05) is 17.4 Å². The fourth-order valence-electron chi connectivity index (χ4n) is 0.285. The van der Waals surface area contributed by atoms with Crippen molar-refractivity contribution in [2.45, 2.75) is 19.9 Å². The Kier molecular flexibility index (Phi) is 6.26. The summed E-state index contributed by atoms with van der Waals surface area (Å²) in [4.78, 5) is 10.0. The van der Waals surface area contributed by atoms with Gasteiger partial charge in [0.25, 0.3) is 0 Å². The fourth-order valence-corrected chi connectivity index (χ4v) is 0.285. The number of hydrogen-bond acceptors (Lipinski definition) is 2. The topological polar surface area (TPSA) is 63.3 Å². The maximum Gasteiger partial charge on any atom is 0.320 e. The average Bonchev–Trinajstić information content (AvgIpc) is 1.64. The smallest absolute Gasteiger partial charge is 0.320 e. The standard InChI is InChI=1S/C5H11NO2.Cr/c1-3(2)4(6)5(7)8;/h3-4H,6H2,1-2H3,(H,7,8);. The van der Waals surface area contributed by atoms with Crippen LogP contribution >= 0.6 is 0 Å². The van der Waals surface area contributed by atoms with Gasteiger partial charge in [-0.25, -0.2) is 0 Å². The zero-order valence-corrected chi connectivity index (χ0v) is 6.77. The summed E-state index contributed by atoms with van der Waals surface area (Å²) in [6.45, 7) is 3.55. The van der Waals surface area contributed by atoms with E-state index in [1.165, 1.54) is 0 Å². The Morgan fingerprint density at radius 2 is 1.89 bits per heavy atom. The molecular formula is C5H11CrNO2. The summed E-state index contributed by atoms with van der Waals surface area (Å²) in [5.41, 5.74) is 5.16. The van der Waals surface area contributed by atoms with Crippen LogP contribution in [0.2, 0.25) is 0 Å². The van der Waals surface area contributed by atoms with Gasteiger partial charge in [0.1, 0.15) is 6.04 Å². The molecule has 0 aromatic carbocycles. The van der Waals surface area contributed by atoms with Gasteiger partial charge in [0.2, 0.25) is 0 Å². The number of carboxylic acids is 1. The van der Waals surface area contributed by atoms with Crippen LogP contribution in [0.15, 0.2) is 0 Å². The zero-order valence-electron chi connectivity index (χ0n) is 5.50. The SMILES string of the molecule is CC(C)C(N)C(=O)O.[Cr]. The molecule has 3 nitrogen and oxygen atoms in total. The number of carbonyl (C=O) groups is 1. The maximum absolute atomic E-state index is 10.0. The predicted octanol–water partition coefficient (Wildman–Crippen LogP) is 0.0518. The molecule has 4 heteroatoms. The van der Waals surface area contributed by atoms with E-state index in [1.807, 2.05) is 0 Å². The predicted molar refractivity (Wildman–Crippen MR) is 30.4 cm³/mol. The molecule has 0 aromatic heterocycles. The quantitative estimate of drug-likeness (QED) is 0.614. The number of rotatable bonds is 2. The van der Waals surface area contributed by atoms with Gasteiger partial charge in [0.15, 0.2) is 0 Å². The van der Waals surface area contributed by atoms with Crippen molar-refractivity contribution in [2.75, 3.05) is 0 Å². The minimum absolute atomic E-state index is 0. The van der Waals surface area contributed by atoms with E-state index in [1.54, 1.807) is 13.8 Å². The van der Waals surface area contributed by atoms with Crippen LogP contribution < -0.4 is 5.73 Å². The molecule has 54 valence electrons. The molecule has 1 unspecified atom stereocenters. The van der Waals surface area contributed by atoms with E-state index in [9.17, 15) is 4.79 Å². The number of hydrogen-bond donors (Lipinski definition) is 2. The summed E-state index contributed by atoms with van der Waals surface area (Å²) in [7, 11) is 0. The first-order chi connectivity index (χ1) is 3.55. The summed E-state index contributed by atoms with van der Waals surface area (Å²) in [6.07, 6.45) is 0. The van der Waals surface area contributed by atoms with Crippen LogP contribution in [0.4, 0.5) is 0 Å². The minimum Gasteiger partial charge on any atom is -0.480 e. The van der Waals surface area contributed by atoms with Gasteiger partial charge in [-0.1, -0.05) is 13.8 Å². The molecule has 0 rings (SSSR count). The van der Waals surface area contributed by atoms with Crippen molar-refractivity contribution in [2.24, 2.45) is 11.7 Å². The fraction of sp³-hybridized carbons (Fsp3) is 0.800. The monoisotopic (exact) mass is 169 g/mol. The Bertz CT molecular complexity index is 95.0. The molecule has 3 N–H and O–H groups in total. The van der Waals surface area contributed by atoms with Gasteiger partial charge >= 0.3 is 5.97 Å². The Morgan fingerprint density at radius 3 is 1.89 bits per heavy atom. The Morgan fingerprint density at radius 1 is 1.56 bits per heavy atom. The molecule has 0 bridgehead atoms. The Hall–Kier alpha value is -0.0375. The van der Waals surface area contributed by atoms with Crippen molar-refractivity contribution < 1.29 is 27.3 Å². The largest absolute Gasteiger partial charge is 0.480 e. The van der Waals surface area contributed by atoms with Gasteiger partial charge < -0.3 is 10.8 Å². The molecule has 1 atom stereocenters. The molecule has 0 radical (unpaired) electrons. The van der Waals surface area contributed by atoms with Crippen LogP contribution in [0.5, 0.6) is 0 Å². The van der Waals surface area contributed by atoms with Crippen LogP contribution in [0.25, 0.3) is 0 Å². The van der Waals surface area contributed by atoms with Crippen LogP contribution in [0.3, 0.4) is 0 Å². The van der Waals surface area contributed by atoms with E-state index in [2.05, 4.69) is 0 Å². The average molecular weight is 169 g/mol. The molecule has 0 saturated heterocycles. The van der Waals surface area contributed by atoms with E-state index < -0.39 is 12.0 Å². The first-order valence-electron chi connectivity index (χ1n) is 2.54. The van der Waals surface area contributed by atoms with Crippen molar-refractivity contribution >= 4 is 5.97 Å². The second kappa shape index (κ2) is 4.81. The van der Waals surface area contributed by atoms with E-state index >= 15 is 0 Å². The molecular weight excluding hydrogens is 158 g/mol. The van der Waals surface area contributed by atoms with Gasteiger partial charge in [-0.15, -0.1) is 0 Å². The van der Waals surface area contributed by atoms with Crippen molar-refractivity contribution in [1.29, 1.82) is 0 Å². The van der Waals surface area contributed by atoms with Gasteiger partial charge in [-0.3, -0.25) is 4.79 Å². The molecule has 0 aliphatic heterocycles. The normalized spacial score (nSPS) is 12.4. The molecule has 0 aromatic rings. The van der Waals surface area contributed by atoms with Crippen molar-refractivity contribution in [3.63, 3.8) is 0 Å². The number of nitrogens with two attached hydrogens (primary N) is 1. The molecule has 0 aliphatic carbocycles. The number of carboxylic acid groups (broad SMARTS) is 1. The third-order valence-electron chi connectivity index (χ3n) is 1.00. The third-order valence-corrected chi connectivity index (χ3v) is 1.00. The second-order valence-corrected chi connectivity index (χ2v) is 2.11. The van der Waals surface area contributed by atoms with Crippen molar-refractivity contribution in [1.82, 2.24) is 0 Å². The van der Waals surface area contributed by atoms with Crippen molar-refractivity contribution in [3.8, 4) is 0 Å². The third kappa shape index (κ3) is 4.46. The van der Waals surface area contributed by atoms with Crippen LogP contribution in [0.1, 0.15) is 13.8 Å². The van der Waals surface area contributed by atoms with E-state index in [4.69, 9.17) is 10.8 Å². The van der Waals surface area contributed by atoms with Gasteiger partial charge in [0.05, 0.1) is 0 Å². The Balaban J connectivity index is 0. The minimum atomic E-state index is -0.931. The van der Waals surface area contributed by atoms with Gasteiger partial charge in [-0.2, -0.15) is 0 Å². The first kappa shape index (κ1) is 11.7. The summed E-state index contributed by atoms with van der Waals surface area (Å²) >= 11 is 0. The molecule has 9 heavy (non-hydrogen) atoms. The summed E-state index contributed by atoms with van der Waals surface area (Å²) < 4.78 is 0. The van der Waals surface area contributed by atoms with Crippen molar-refractivity contribution in [3.05, 3.63) is 0 Å². The summed E-state index contributed by atoms with van der Waals surface area (Å²) in [5.74, 6) is -0.910. The summed E-state index contributed by atoms with van der Waals surface area (Å²) in [6, 6.07) is -0.713. The van der Waals surface area contributed by atoms with E-state index in [0.29, 0.717) is 0 Å². The van der Waals surface area contributed by atoms with Crippen LogP contribution in [-0.2, 0) is 22.2 Å². The molecule has 0 saturated carbocycles. The molecule has 0 spiro atoms. The van der Waals surface area contributed by atoms with Gasteiger partial charge in [-0.05, 0) is 5.92 Å². The second-order valence-electron chi connectivity index (χ2n) is 2.11. The zero-order chi connectivity index (χ0) is 6.73. The Labute approximate surface area is 65.4 Å². The van der Waals surface area contributed by atoms with E-state index in [0.717, 1.165) is 0 Å². The maximum atomic E-state index is 10.0. The molecule has 0 fully saturated rings. The number of aliphatic carboxylic acids is 1. The summed E-state index contributed by atoms with van der Waals surface area (Å²) in [5, 5.41) is 8.23. The first-order valence-corrected chi connectivity index (χ1v) is 2.54.